The molecule has 2 aromatic carbocycles. The standard InChI is InChI=1S/C22H26N6O/c1-12(2)15-6-9-18-16(10-15)11-19(25-18)22(29)24-17-7-4-14(5-8-17)13(3)27-28-21-20(23)26-21/h4-12,20-21,25-26,28H,23H2,1-3H3,(H,24,29)/b27-13+. The van der Waals surface area contributed by atoms with Gasteiger partial charge in [-0.2, -0.15) is 5.10 Å². The van der Waals surface area contributed by atoms with Gasteiger partial charge in [-0.15, -0.1) is 0 Å². The quantitative estimate of drug-likeness (QED) is 0.253. The van der Waals surface area contributed by atoms with Crippen LogP contribution in [0.2, 0.25) is 0 Å². The lowest BCUT2D eigenvalue weighted by atomic mass is 10.0. The SMILES string of the molecule is C/C(=N\NC1NC1N)c1ccc(NC(=O)c2cc3cc(C(C)C)ccc3[nH]2)cc1. The zero-order valence-corrected chi connectivity index (χ0v) is 16.8. The summed E-state index contributed by atoms with van der Waals surface area (Å²) in [7, 11) is 0. The highest BCUT2D eigenvalue weighted by Crippen LogP contribution is 2.22. The highest BCUT2D eigenvalue weighted by atomic mass is 16.1. The molecular formula is C22H26N6O. The normalized spacial score (nSPS) is 18.9. The molecule has 150 valence electrons. The second-order valence-corrected chi connectivity index (χ2v) is 7.71. The molecule has 0 aliphatic carbocycles. The molecule has 1 fully saturated rings. The van der Waals surface area contributed by atoms with Crippen molar-refractivity contribution in [2.24, 2.45) is 10.8 Å². The third kappa shape index (κ3) is 4.31. The summed E-state index contributed by atoms with van der Waals surface area (Å²) in [6.45, 7) is 6.24. The number of hydrogen-bond donors (Lipinski definition) is 5. The molecule has 7 nitrogen and oxygen atoms in total. The number of hydrazone groups is 1. The molecular weight excluding hydrogens is 364 g/mol. The third-order valence-corrected chi connectivity index (χ3v) is 5.11. The number of hydrogen-bond acceptors (Lipinski definition) is 5. The fourth-order valence-electron chi connectivity index (χ4n) is 3.13. The Hall–Kier alpha value is -3.16. The lowest BCUT2D eigenvalue weighted by molar-refractivity contribution is 0.102. The maximum absolute atomic E-state index is 12.6. The van der Waals surface area contributed by atoms with E-state index in [4.69, 9.17) is 5.73 Å². The summed E-state index contributed by atoms with van der Waals surface area (Å²) in [4.78, 5) is 15.8. The fraction of sp³-hybridized carbons (Fsp3) is 0.273. The number of carbonyl (C=O) groups is 1. The van der Waals surface area contributed by atoms with E-state index in [0.29, 0.717) is 11.6 Å². The topological polar surface area (TPSA) is 117 Å². The van der Waals surface area contributed by atoms with Crippen LogP contribution < -0.4 is 21.8 Å². The van der Waals surface area contributed by atoms with Crippen LogP contribution in [0, 0.1) is 0 Å². The van der Waals surface area contributed by atoms with Crippen molar-refractivity contribution in [3.63, 3.8) is 0 Å². The molecule has 6 N–H and O–H groups in total. The van der Waals surface area contributed by atoms with Crippen LogP contribution in [0.1, 0.15) is 48.3 Å². The summed E-state index contributed by atoms with van der Waals surface area (Å²) in [6.07, 6.45) is 0.00202. The maximum Gasteiger partial charge on any atom is 0.272 e. The van der Waals surface area contributed by atoms with Gasteiger partial charge in [0.25, 0.3) is 5.91 Å². The van der Waals surface area contributed by atoms with Gasteiger partial charge in [0.2, 0.25) is 0 Å². The minimum atomic E-state index is -0.166. The van der Waals surface area contributed by atoms with Gasteiger partial charge in [0.05, 0.1) is 11.9 Å². The summed E-state index contributed by atoms with van der Waals surface area (Å²) >= 11 is 0. The van der Waals surface area contributed by atoms with Gasteiger partial charge in [-0.3, -0.25) is 15.5 Å². The van der Waals surface area contributed by atoms with Gasteiger partial charge in [-0.05, 0) is 54.3 Å². The first-order chi connectivity index (χ1) is 13.9. The van der Waals surface area contributed by atoms with Crippen LogP contribution in [0.5, 0.6) is 0 Å². The van der Waals surface area contributed by atoms with E-state index in [-0.39, 0.29) is 18.2 Å². The van der Waals surface area contributed by atoms with Crippen molar-refractivity contribution in [2.75, 3.05) is 5.32 Å². The lowest BCUT2D eigenvalue weighted by Gasteiger charge is -2.06. The van der Waals surface area contributed by atoms with Crippen molar-refractivity contribution in [1.82, 2.24) is 15.7 Å². The molecule has 1 aromatic heterocycles. The number of fused-ring (bicyclic) bond motifs is 1. The number of anilines is 1. The Morgan fingerprint density at radius 1 is 1.14 bits per heavy atom. The van der Waals surface area contributed by atoms with Crippen molar-refractivity contribution in [1.29, 1.82) is 0 Å². The number of nitrogens with two attached hydrogens (primary N) is 1. The Kier molecular flexibility index (Phi) is 5.08. The molecule has 4 rings (SSSR count). The molecule has 29 heavy (non-hydrogen) atoms. The Morgan fingerprint density at radius 2 is 1.86 bits per heavy atom. The molecule has 1 aliphatic rings. The van der Waals surface area contributed by atoms with Gasteiger partial charge < -0.3 is 16.0 Å². The van der Waals surface area contributed by atoms with Crippen LogP contribution in [0.15, 0.2) is 53.6 Å². The minimum absolute atomic E-state index is 0.0364. The van der Waals surface area contributed by atoms with Gasteiger partial charge in [0.1, 0.15) is 11.9 Å². The number of aromatic nitrogens is 1. The molecule has 2 heterocycles. The Bertz CT molecular complexity index is 1070. The molecule has 1 aliphatic heterocycles. The number of H-pyrrole nitrogens is 1. The zero-order chi connectivity index (χ0) is 20.5. The monoisotopic (exact) mass is 390 g/mol. The molecule has 0 saturated carbocycles. The van der Waals surface area contributed by atoms with Crippen LogP contribution in [0.3, 0.4) is 0 Å². The van der Waals surface area contributed by atoms with Gasteiger partial charge in [0.15, 0.2) is 0 Å². The molecule has 7 heteroatoms. The largest absolute Gasteiger partial charge is 0.351 e. The molecule has 3 aromatic rings. The predicted octanol–water partition coefficient (Wildman–Crippen LogP) is 3.07. The average Bonchev–Trinajstić information content (AvgIpc) is 3.24. The number of rotatable bonds is 6. The van der Waals surface area contributed by atoms with Crippen molar-refractivity contribution < 1.29 is 4.79 Å². The van der Waals surface area contributed by atoms with E-state index in [1.807, 2.05) is 43.3 Å². The molecule has 1 saturated heterocycles. The Morgan fingerprint density at radius 3 is 2.52 bits per heavy atom. The van der Waals surface area contributed by atoms with E-state index in [1.165, 1.54) is 5.56 Å². The van der Waals surface area contributed by atoms with E-state index in [1.54, 1.807) is 0 Å². The predicted molar refractivity (Wildman–Crippen MR) is 117 cm³/mol. The van der Waals surface area contributed by atoms with Gasteiger partial charge in [0, 0.05) is 16.6 Å². The van der Waals surface area contributed by atoms with Crippen LogP contribution in [0.4, 0.5) is 5.69 Å². The second-order valence-electron chi connectivity index (χ2n) is 7.71. The summed E-state index contributed by atoms with van der Waals surface area (Å²) in [5, 5.41) is 11.3. The van der Waals surface area contributed by atoms with Crippen LogP contribution >= 0.6 is 0 Å². The average molecular weight is 390 g/mol. The first-order valence-corrected chi connectivity index (χ1v) is 9.76. The fourth-order valence-corrected chi connectivity index (χ4v) is 3.13. The molecule has 0 radical (unpaired) electrons. The van der Waals surface area contributed by atoms with Crippen molar-refractivity contribution in [3.8, 4) is 0 Å². The minimum Gasteiger partial charge on any atom is -0.351 e. The van der Waals surface area contributed by atoms with Crippen LogP contribution in [-0.4, -0.2) is 28.9 Å². The van der Waals surface area contributed by atoms with E-state index >= 15 is 0 Å². The first kappa shape index (κ1) is 19.2. The number of nitrogens with zero attached hydrogens (tertiary/aromatic N) is 1. The van der Waals surface area contributed by atoms with E-state index in [0.717, 1.165) is 27.9 Å². The third-order valence-electron chi connectivity index (χ3n) is 5.11. The molecule has 2 atom stereocenters. The number of aromatic amines is 1. The summed E-state index contributed by atoms with van der Waals surface area (Å²) in [6, 6.07) is 15.7. The highest BCUT2D eigenvalue weighted by Gasteiger charge is 2.31. The molecule has 1 amide bonds. The van der Waals surface area contributed by atoms with Crippen molar-refractivity contribution in [2.45, 2.75) is 39.0 Å². The Labute approximate surface area is 169 Å². The van der Waals surface area contributed by atoms with Gasteiger partial charge in [-0.25, -0.2) is 0 Å². The summed E-state index contributed by atoms with van der Waals surface area (Å²) in [5.74, 6) is 0.283. The smallest absolute Gasteiger partial charge is 0.272 e. The van der Waals surface area contributed by atoms with E-state index in [2.05, 4.69) is 52.1 Å². The first-order valence-electron chi connectivity index (χ1n) is 9.76. The second kappa shape index (κ2) is 7.69. The van der Waals surface area contributed by atoms with Crippen LogP contribution in [0.25, 0.3) is 10.9 Å². The molecule has 0 bridgehead atoms. The summed E-state index contributed by atoms with van der Waals surface area (Å²) in [5.41, 5.74) is 13.9. The Balaban J connectivity index is 1.43. The zero-order valence-electron chi connectivity index (χ0n) is 16.8. The van der Waals surface area contributed by atoms with Crippen molar-refractivity contribution in [3.05, 3.63) is 65.4 Å². The van der Waals surface area contributed by atoms with Gasteiger partial charge >= 0.3 is 0 Å². The maximum atomic E-state index is 12.6. The number of benzene rings is 2. The highest BCUT2D eigenvalue weighted by molar-refractivity contribution is 6.06. The molecule has 2 unspecified atom stereocenters. The van der Waals surface area contributed by atoms with Crippen molar-refractivity contribution >= 4 is 28.2 Å². The number of carbonyl (C=O) groups excluding carboxylic acids is 1. The van der Waals surface area contributed by atoms with Gasteiger partial charge in [-0.1, -0.05) is 32.0 Å². The molecule has 0 spiro atoms. The number of amides is 1. The van der Waals surface area contributed by atoms with E-state index in [9.17, 15) is 4.79 Å². The number of nitrogens with one attached hydrogen (secondary N) is 4. The van der Waals surface area contributed by atoms with E-state index < -0.39 is 0 Å². The summed E-state index contributed by atoms with van der Waals surface area (Å²) < 4.78 is 0. The lowest BCUT2D eigenvalue weighted by Crippen LogP contribution is -2.19. The van der Waals surface area contributed by atoms with Crippen LogP contribution in [-0.2, 0) is 0 Å².